The highest BCUT2D eigenvalue weighted by molar-refractivity contribution is 5.98. The van der Waals surface area contributed by atoms with Gasteiger partial charge in [0.2, 0.25) is 17.7 Å². The van der Waals surface area contributed by atoms with Gasteiger partial charge in [0.25, 0.3) is 0 Å². The standard InChI is InChI=1S/C27H33N5O5/c1-2-37-27(36)20-8-10-21(11-9-20)29-24(33)18-23-26(35)28-12-13-32(23)25(34)19-30-14-16-31(17-15-30)22-6-4-3-5-7-22/h3-11,23H,2,12-19H2,1H3,(H,28,35)(H,29,33)/t23-/m1/s1. The Kier molecular flexibility index (Phi) is 8.73. The Balaban J connectivity index is 1.30. The molecule has 2 N–H and O–H groups in total. The van der Waals surface area contributed by atoms with E-state index in [0.29, 0.717) is 24.3 Å². The summed E-state index contributed by atoms with van der Waals surface area (Å²) in [5.41, 5.74) is 2.04. The Labute approximate surface area is 216 Å². The van der Waals surface area contributed by atoms with Gasteiger partial charge in [0.15, 0.2) is 0 Å². The number of esters is 1. The van der Waals surface area contributed by atoms with Gasteiger partial charge >= 0.3 is 5.97 Å². The molecule has 0 aromatic heterocycles. The molecular weight excluding hydrogens is 474 g/mol. The van der Waals surface area contributed by atoms with Crippen LogP contribution >= 0.6 is 0 Å². The van der Waals surface area contributed by atoms with Gasteiger partial charge in [-0.25, -0.2) is 4.79 Å². The molecule has 3 amide bonds. The average Bonchev–Trinajstić information content (AvgIpc) is 2.91. The summed E-state index contributed by atoms with van der Waals surface area (Å²) in [4.78, 5) is 56.2. The highest BCUT2D eigenvalue weighted by atomic mass is 16.5. The van der Waals surface area contributed by atoms with E-state index >= 15 is 0 Å². The number of amides is 3. The molecule has 2 fully saturated rings. The van der Waals surface area contributed by atoms with Gasteiger partial charge in [-0.1, -0.05) is 18.2 Å². The van der Waals surface area contributed by atoms with Crippen molar-refractivity contribution >= 4 is 35.1 Å². The zero-order valence-electron chi connectivity index (χ0n) is 21.0. The number of hydrogen-bond donors (Lipinski definition) is 2. The quantitative estimate of drug-likeness (QED) is 0.519. The van der Waals surface area contributed by atoms with Crippen LogP contribution in [-0.4, -0.2) is 92.0 Å². The molecule has 0 unspecified atom stereocenters. The molecule has 0 saturated carbocycles. The largest absolute Gasteiger partial charge is 0.462 e. The van der Waals surface area contributed by atoms with Crippen LogP contribution in [0.4, 0.5) is 11.4 Å². The van der Waals surface area contributed by atoms with Crippen LogP contribution in [0.2, 0.25) is 0 Å². The van der Waals surface area contributed by atoms with Crippen LogP contribution in [0.3, 0.4) is 0 Å². The number of rotatable bonds is 8. The molecular formula is C27H33N5O5. The number of carbonyl (C=O) groups is 4. The Hall–Kier alpha value is -3.92. The first-order valence-corrected chi connectivity index (χ1v) is 12.6. The maximum absolute atomic E-state index is 13.2. The fraction of sp³-hybridized carbons (Fsp3) is 0.407. The number of ether oxygens (including phenoxy) is 1. The number of benzene rings is 2. The molecule has 4 rings (SSSR count). The van der Waals surface area contributed by atoms with E-state index < -0.39 is 12.0 Å². The van der Waals surface area contributed by atoms with Gasteiger partial charge in [0.1, 0.15) is 6.04 Å². The zero-order chi connectivity index (χ0) is 26.2. The first-order valence-electron chi connectivity index (χ1n) is 12.6. The smallest absolute Gasteiger partial charge is 0.338 e. The van der Waals surface area contributed by atoms with Crippen LogP contribution < -0.4 is 15.5 Å². The molecule has 0 spiro atoms. The van der Waals surface area contributed by atoms with Crippen LogP contribution in [0, 0.1) is 0 Å². The Morgan fingerprint density at radius 2 is 1.68 bits per heavy atom. The lowest BCUT2D eigenvalue weighted by molar-refractivity contribution is -0.145. The number of nitrogens with one attached hydrogen (secondary N) is 2. The molecule has 1 atom stereocenters. The van der Waals surface area contributed by atoms with E-state index in [1.54, 1.807) is 31.2 Å². The summed E-state index contributed by atoms with van der Waals surface area (Å²) in [6, 6.07) is 15.6. The molecule has 0 bridgehead atoms. The van der Waals surface area contributed by atoms with Crippen molar-refractivity contribution < 1.29 is 23.9 Å². The molecule has 2 aliphatic heterocycles. The average molecular weight is 508 g/mol. The van der Waals surface area contributed by atoms with Gasteiger partial charge in [0, 0.05) is 50.6 Å². The van der Waals surface area contributed by atoms with Crippen molar-refractivity contribution in [2.45, 2.75) is 19.4 Å². The van der Waals surface area contributed by atoms with Gasteiger partial charge in [-0.05, 0) is 43.3 Å². The number of anilines is 2. The second-order valence-corrected chi connectivity index (χ2v) is 9.04. The predicted octanol–water partition coefficient (Wildman–Crippen LogP) is 1.34. The SMILES string of the molecule is CCOC(=O)c1ccc(NC(=O)C[C@@H]2C(=O)NCCN2C(=O)CN2CCN(c3ccccc3)CC2)cc1. The monoisotopic (exact) mass is 507 g/mol. The van der Waals surface area contributed by atoms with Gasteiger partial charge in [-0.3, -0.25) is 19.3 Å². The maximum atomic E-state index is 13.2. The summed E-state index contributed by atoms with van der Waals surface area (Å²) in [7, 11) is 0. The highest BCUT2D eigenvalue weighted by Gasteiger charge is 2.35. The number of nitrogens with zero attached hydrogens (tertiary/aromatic N) is 3. The molecule has 2 heterocycles. The topological polar surface area (TPSA) is 111 Å². The van der Waals surface area contributed by atoms with Crippen molar-refractivity contribution in [1.82, 2.24) is 15.1 Å². The van der Waals surface area contributed by atoms with Crippen molar-refractivity contribution in [3.8, 4) is 0 Å². The van der Waals surface area contributed by atoms with Crippen molar-refractivity contribution in [1.29, 1.82) is 0 Å². The summed E-state index contributed by atoms with van der Waals surface area (Å²) >= 11 is 0. The van der Waals surface area contributed by atoms with Crippen LogP contribution in [0.5, 0.6) is 0 Å². The third kappa shape index (κ3) is 6.85. The molecule has 2 aromatic rings. The van der Waals surface area contributed by atoms with E-state index in [2.05, 4.69) is 32.6 Å². The van der Waals surface area contributed by atoms with Gasteiger partial charge in [-0.15, -0.1) is 0 Å². The second kappa shape index (κ2) is 12.4. The Morgan fingerprint density at radius 3 is 2.35 bits per heavy atom. The first-order chi connectivity index (χ1) is 17.9. The molecule has 2 aromatic carbocycles. The summed E-state index contributed by atoms with van der Waals surface area (Å²) in [6.07, 6.45) is -0.154. The van der Waals surface area contributed by atoms with Crippen LogP contribution in [0.15, 0.2) is 54.6 Å². The van der Waals surface area contributed by atoms with Crippen LogP contribution in [-0.2, 0) is 19.1 Å². The summed E-state index contributed by atoms with van der Waals surface area (Å²) < 4.78 is 4.96. The zero-order valence-corrected chi connectivity index (χ0v) is 21.0. The molecule has 0 aliphatic carbocycles. The van der Waals surface area contributed by atoms with Gasteiger partial charge in [0.05, 0.1) is 25.1 Å². The molecule has 10 nitrogen and oxygen atoms in total. The predicted molar refractivity (Wildman–Crippen MR) is 139 cm³/mol. The van der Waals surface area contributed by atoms with E-state index in [1.165, 1.54) is 10.6 Å². The lowest BCUT2D eigenvalue weighted by Crippen LogP contribution is -2.60. The molecule has 10 heteroatoms. The van der Waals surface area contributed by atoms with Crippen LogP contribution in [0.1, 0.15) is 23.7 Å². The third-order valence-corrected chi connectivity index (χ3v) is 6.56. The number of para-hydroxylation sites is 1. The van der Waals surface area contributed by atoms with Crippen molar-refractivity contribution in [2.24, 2.45) is 0 Å². The lowest BCUT2D eigenvalue weighted by atomic mass is 10.1. The Bertz CT molecular complexity index is 1100. The fourth-order valence-electron chi connectivity index (χ4n) is 4.59. The minimum absolute atomic E-state index is 0.153. The highest BCUT2D eigenvalue weighted by Crippen LogP contribution is 2.17. The maximum Gasteiger partial charge on any atom is 0.338 e. The summed E-state index contributed by atoms with van der Waals surface area (Å²) in [5, 5.41) is 5.51. The molecule has 37 heavy (non-hydrogen) atoms. The van der Waals surface area contributed by atoms with Gasteiger partial charge in [-0.2, -0.15) is 0 Å². The third-order valence-electron chi connectivity index (χ3n) is 6.56. The molecule has 196 valence electrons. The number of carbonyl (C=O) groups excluding carboxylic acids is 4. The number of piperazine rings is 2. The number of hydrogen-bond acceptors (Lipinski definition) is 7. The minimum atomic E-state index is -0.870. The van der Waals surface area contributed by atoms with E-state index in [9.17, 15) is 19.2 Å². The van der Waals surface area contributed by atoms with Crippen molar-refractivity contribution in [3.05, 3.63) is 60.2 Å². The van der Waals surface area contributed by atoms with E-state index in [-0.39, 0.29) is 37.3 Å². The second-order valence-electron chi connectivity index (χ2n) is 9.04. The van der Waals surface area contributed by atoms with Crippen LogP contribution in [0.25, 0.3) is 0 Å². The molecule has 2 aliphatic rings. The van der Waals surface area contributed by atoms with Crippen molar-refractivity contribution in [2.75, 3.05) is 62.6 Å². The summed E-state index contributed by atoms with van der Waals surface area (Å²) in [5.74, 6) is -1.31. The Morgan fingerprint density at radius 1 is 0.973 bits per heavy atom. The van der Waals surface area contributed by atoms with E-state index in [1.807, 2.05) is 18.2 Å². The minimum Gasteiger partial charge on any atom is -0.462 e. The summed E-state index contributed by atoms with van der Waals surface area (Å²) in [6.45, 7) is 6.07. The first kappa shape index (κ1) is 26.2. The van der Waals surface area contributed by atoms with E-state index in [4.69, 9.17) is 4.74 Å². The lowest BCUT2D eigenvalue weighted by Gasteiger charge is -2.39. The molecule has 2 saturated heterocycles. The fourth-order valence-corrected chi connectivity index (χ4v) is 4.59. The normalized spacial score (nSPS) is 18.2. The van der Waals surface area contributed by atoms with Crippen molar-refractivity contribution in [3.63, 3.8) is 0 Å². The van der Waals surface area contributed by atoms with E-state index in [0.717, 1.165) is 26.2 Å². The van der Waals surface area contributed by atoms with Gasteiger partial charge < -0.3 is 25.2 Å². The molecule has 0 radical (unpaired) electrons.